The first-order valence-electron chi connectivity index (χ1n) is 11.9. The molecule has 0 aromatic carbocycles. The number of hydrogen-bond donors (Lipinski definition) is 1. The van der Waals surface area contributed by atoms with Crippen LogP contribution in [0.5, 0.6) is 5.88 Å². The minimum Gasteiger partial charge on any atom is -0.481 e. The molecule has 2 aromatic rings. The number of piperazine rings is 1. The molecule has 2 aliphatic heterocycles. The molecule has 1 unspecified atom stereocenters. The summed E-state index contributed by atoms with van der Waals surface area (Å²) < 4.78 is 10.9. The number of rotatable bonds is 9. The third kappa shape index (κ3) is 5.43. The molecule has 1 fully saturated rings. The zero-order chi connectivity index (χ0) is 23.9. The van der Waals surface area contributed by atoms with E-state index in [9.17, 15) is 9.90 Å². The van der Waals surface area contributed by atoms with Crippen molar-refractivity contribution in [3.05, 3.63) is 36.2 Å². The van der Waals surface area contributed by atoms with E-state index in [1.807, 2.05) is 12.1 Å². The highest BCUT2D eigenvalue weighted by molar-refractivity contribution is 6.42. The summed E-state index contributed by atoms with van der Waals surface area (Å²) in [4.78, 5) is 31.6. The highest BCUT2D eigenvalue weighted by Crippen LogP contribution is 2.37. The quantitative estimate of drug-likeness (QED) is 0.561. The SMILES string of the molecule is CCCOCCC1C(=O)C(N2CCN(CCO)CC2)=Nc2cnc(-c3ccc(OC)nc3)cc21. The molecule has 0 bridgehead atoms. The van der Waals surface area contributed by atoms with Crippen LogP contribution in [-0.2, 0) is 9.53 Å². The second-order valence-corrected chi connectivity index (χ2v) is 8.52. The van der Waals surface area contributed by atoms with Crippen molar-refractivity contribution in [2.45, 2.75) is 25.7 Å². The number of carbonyl (C=O) groups is 1. The summed E-state index contributed by atoms with van der Waals surface area (Å²) in [5, 5.41) is 9.21. The minimum absolute atomic E-state index is 0.0354. The van der Waals surface area contributed by atoms with Crippen LogP contribution in [-0.4, -0.2) is 96.1 Å². The number of nitrogens with zero attached hydrogens (tertiary/aromatic N) is 5. The summed E-state index contributed by atoms with van der Waals surface area (Å²) in [6, 6.07) is 5.66. The third-order valence-electron chi connectivity index (χ3n) is 6.28. The summed E-state index contributed by atoms with van der Waals surface area (Å²) in [6.45, 7) is 7.08. The fourth-order valence-electron chi connectivity index (χ4n) is 4.40. The van der Waals surface area contributed by atoms with Crippen LogP contribution in [0.4, 0.5) is 5.69 Å². The van der Waals surface area contributed by atoms with Gasteiger partial charge in [0.1, 0.15) is 0 Å². The first-order chi connectivity index (χ1) is 16.6. The Balaban J connectivity index is 1.62. The van der Waals surface area contributed by atoms with Gasteiger partial charge < -0.3 is 19.5 Å². The largest absolute Gasteiger partial charge is 0.481 e. The Morgan fingerprint density at radius 2 is 1.94 bits per heavy atom. The smallest absolute Gasteiger partial charge is 0.212 e. The lowest BCUT2D eigenvalue weighted by Gasteiger charge is -2.37. The molecule has 1 atom stereocenters. The van der Waals surface area contributed by atoms with Crippen molar-refractivity contribution in [1.29, 1.82) is 0 Å². The van der Waals surface area contributed by atoms with Crippen LogP contribution in [0.15, 0.2) is 35.6 Å². The summed E-state index contributed by atoms with van der Waals surface area (Å²) in [5.41, 5.74) is 3.22. The number of β-amino-alcohol motifs (C(OH)–C–C–N with tert-alkyl or cyclic N) is 1. The molecule has 9 nitrogen and oxygen atoms in total. The molecule has 9 heteroatoms. The molecule has 0 spiro atoms. The number of hydrogen-bond acceptors (Lipinski definition) is 9. The van der Waals surface area contributed by atoms with E-state index in [4.69, 9.17) is 14.5 Å². The molecule has 4 heterocycles. The molecule has 0 aliphatic carbocycles. The number of fused-ring (bicyclic) bond motifs is 1. The van der Waals surface area contributed by atoms with E-state index in [-0.39, 0.29) is 18.3 Å². The number of aliphatic imine (C=N–C) groups is 1. The first kappa shape index (κ1) is 24.3. The van der Waals surface area contributed by atoms with Gasteiger partial charge in [0, 0.05) is 63.8 Å². The van der Waals surface area contributed by atoms with Crippen LogP contribution in [0.25, 0.3) is 11.3 Å². The van der Waals surface area contributed by atoms with E-state index in [2.05, 4.69) is 26.7 Å². The Morgan fingerprint density at radius 1 is 1.12 bits per heavy atom. The number of pyridine rings is 2. The van der Waals surface area contributed by atoms with Crippen molar-refractivity contribution >= 4 is 17.3 Å². The number of aromatic nitrogens is 2. The zero-order valence-corrected chi connectivity index (χ0v) is 19.9. The van der Waals surface area contributed by atoms with Crippen molar-refractivity contribution in [1.82, 2.24) is 19.8 Å². The Hall–Kier alpha value is -2.88. The number of carbonyl (C=O) groups excluding carboxylic acids is 1. The third-order valence-corrected chi connectivity index (χ3v) is 6.28. The number of amidine groups is 1. The van der Waals surface area contributed by atoms with Crippen molar-refractivity contribution in [3.63, 3.8) is 0 Å². The number of ether oxygens (including phenoxy) is 2. The molecule has 0 amide bonds. The molecule has 2 aliphatic rings. The lowest BCUT2D eigenvalue weighted by molar-refractivity contribution is -0.115. The van der Waals surface area contributed by atoms with Gasteiger partial charge in [-0.3, -0.25) is 14.7 Å². The topological polar surface area (TPSA) is 100 Å². The fourth-order valence-corrected chi connectivity index (χ4v) is 4.40. The van der Waals surface area contributed by atoms with Crippen molar-refractivity contribution < 1.29 is 19.4 Å². The normalized spacial score (nSPS) is 18.6. The molecular formula is C25H33N5O4. The van der Waals surface area contributed by atoms with E-state index in [1.165, 1.54) is 0 Å². The van der Waals surface area contributed by atoms with Crippen LogP contribution in [0.2, 0.25) is 0 Å². The number of aliphatic hydroxyl groups is 1. The molecule has 1 N–H and O–H groups in total. The van der Waals surface area contributed by atoms with Gasteiger partial charge in [-0.2, -0.15) is 0 Å². The van der Waals surface area contributed by atoms with Crippen molar-refractivity contribution in [3.8, 4) is 17.1 Å². The van der Waals surface area contributed by atoms with E-state index in [0.717, 1.165) is 42.0 Å². The predicted octanol–water partition coefficient (Wildman–Crippen LogP) is 2.28. The molecule has 182 valence electrons. The Kier molecular flexibility index (Phi) is 8.21. The lowest BCUT2D eigenvalue weighted by atomic mass is 9.87. The second kappa shape index (κ2) is 11.5. The van der Waals surface area contributed by atoms with Crippen LogP contribution in [0, 0.1) is 0 Å². The molecule has 2 aromatic heterocycles. The Labute approximate surface area is 200 Å². The number of aliphatic hydroxyl groups excluding tert-OH is 1. The summed E-state index contributed by atoms with van der Waals surface area (Å²) in [7, 11) is 1.58. The van der Waals surface area contributed by atoms with Crippen LogP contribution < -0.4 is 4.74 Å². The van der Waals surface area contributed by atoms with Gasteiger partial charge >= 0.3 is 0 Å². The standard InChI is InChI=1S/C25H33N5O4/c1-3-13-34-14-6-19-20-15-21(18-4-5-23(33-2)27-16-18)26-17-22(20)28-25(24(19)32)30-9-7-29(8-10-30)11-12-31/h4-5,15-17,19,31H,3,6-14H2,1-2H3. The van der Waals surface area contributed by atoms with Gasteiger partial charge in [-0.15, -0.1) is 0 Å². The van der Waals surface area contributed by atoms with Crippen LogP contribution in [0.1, 0.15) is 31.2 Å². The fraction of sp³-hybridized carbons (Fsp3) is 0.520. The predicted molar refractivity (Wildman–Crippen MR) is 130 cm³/mol. The molecule has 0 radical (unpaired) electrons. The highest BCUT2D eigenvalue weighted by atomic mass is 16.5. The van der Waals surface area contributed by atoms with E-state index in [0.29, 0.717) is 51.0 Å². The number of Topliss-reactive ketones (excluding diaryl/α,β-unsaturated/α-hetero) is 1. The van der Waals surface area contributed by atoms with Gasteiger partial charge in [0.15, 0.2) is 5.84 Å². The van der Waals surface area contributed by atoms with Crippen molar-refractivity contribution in [2.24, 2.45) is 4.99 Å². The Morgan fingerprint density at radius 3 is 2.62 bits per heavy atom. The van der Waals surface area contributed by atoms with Gasteiger partial charge in [0.25, 0.3) is 0 Å². The van der Waals surface area contributed by atoms with Crippen molar-refractivity contribution in [2.75, 3.05) is 59.7 Å². The number of ketones is 1. The maximum absolute atomic E-state index is 13.7. The molecule has 4 rings (SSSR count). The summed E-state index contributed by atoms with van der Waals surface area (Å²) in [6.07, 6.45) is 5.01. The van der Waals surface area contributed by atoms with Gasteiger partial charge in [0.2, 0.25) is 11.7 Å². The van der Waals surface area contributed by atoms with E-state index < -0.39 is 0 Å². The second-order valence-electron chi connectivity index (χ2n) is 8.52. The first-order valence-corrected chi connectivity index (χ1v) is 11.9. The maximum atomic E-state index is 13.7. The minimum atomic E-state index is -0.331. The monoisotopic (exact) mass is 467 g/mol. The maximum Gasteiger partial charge on any atom is 0.212 e. The van der Waals surface area contributed by atoms with Gasteiger partial charge in [-0.25, -0.2) is 9.98 Å². The molecular weight excluding hydrogens is 434 g/mol. The average molecular weight is 468 g/mol. The van der Waals surface area contributed by atoms with Crippen LogP contribution in [0.3, 0.4) is 0 Å². The highest BCUT2D eigenvalue weighted by Gasteiger charge is 2.35. The number of methoxy groups -OCH3 is 1. The summed E-state index contributed by atoms with van der Waals surface area (Å²) >= 11 is 0. The molecule has 34 heavy (non-hydrogen) atoms. The van der Waals surface area contributed by atoms with E-state index in [1.54, 1.807) is 25.6 Å². The van der Waals surface area contributed by atoms with Gasteiger partial charge in [-0.05, 0) is 30.5 Å². The zero-order valence-electron chi connectivity index (χ0n) is 19.9. The molecule has 0 saturated carbocycles. The van der Waals surface area contributed by atoms with E-state index >= 15 is 0 Å². The average Bonchev–Trinajstić information content (AvgIpc) is 2.88. The lowest BCUT2D eigenvalue weighted by Crippen LogP contribution is -2.52. The van der Waals surface area contributed by atoms with Gasteiger partial charge in [-0.1, -0.05) is 6.92 Å². The molecule has 1 saturated heterocycles. The Bertz CT molecular complexity index is 1000. The van der Waals surface area contributed by atoms with Gasteiger partial charge in [0.05, 0.1) is 37.2 Å². The van der Waals surface area contributed by atoms with Crippen LogP contribution >= 0.6 is 0 Å². The summed E-state index contributed by atoms with van der Waals surface area (Å²) in [5.74, 6) is 0.754.